The van der Waals surface area contributed by atoms with E-state index < -0.39 is 22.0 Å². The van der Waals surface area contributed by atoms with Crippen LogP contribution < -0.4 is 11.2 Å². The molecule has 0 radical (unpaired) electrons. The van der Waals surface area contributed by atoms with Gasteiger partial charge in [0.2, 0.25) is 5.82 Å². The van der Waals surface area contributed by atoms with Crippen LogP contribution in [0.4, 0.5) is 10.1 Å². The number of benzene rings is 1. The number of nitrogens with one attached hydrogen (secondary N) is 1. The Balaban J connectivity index is 2.31. The van der Waals surface area contributed by atoms with Crippen molar-refractivity contribution in [1.82, 2.24) is 9.55 Å². The highest BCUT2D eigenvalue weighted by Gasteiger charge is 2.07. The lowest BCUT2D eigenvalue weighted by atomic mass is 10.2. The third kappa shape index (κ3) is 2.73. The molecule has 2 rings (SSSR count). The molecule has 0 spiro atoms. The van der Waals surface area contributed by atoms with Crippen molar-refractivity contribution >= 4 is 5.69 Å². The van der Waals surface area contributed by atoms with E-state index in [-0.39, 0.29) is 12.2 Å². The van der Waals surface area contributed by atoms with E-state index in [4.69, 9.17) is 0 Å². The number of aromatic amines is 1. The number of nitro groups is 1. The van der Waals surface area contributed by atoms with E-state index in [9.17, 15) is 24.1 Å². The van der Waals surface area contributed by atoms with Gasteiger partial charge in [0.15, 0.2) is 0 Å². The highest BCUT2D eigenvalue weighted by atomic mass is 19.1. The third-order valence-electron chi connectivity index (χ3n) is 2.47. The predicted octanol–water partition coefficient (Wildman–Crippen LogP) is 0.632. The summed E-state index contributed by atoms with van der Waals surface area (Å²) in [6.07, 6.45) is 0.794. The molecule has 0 atom stereocenters. The van der Waals surface area contributed by atoms with E-state index >= 15 is 0 Å². The first kappa shape index (κ1) is 12.7. The molecule has 1 N–H and O–H groups in total. The van der Waals surface area contributed by atoms with Gasteiger partial charge in [-0.1, -0.05) is 12.1 Å². The molecule has 0 bridgehead atoms. The number of H-pyrrole nitrogens is 1. The molecule has 0 unspecified atom stereocenters. The number of rotatable bonds is 3. The van der Waals surface area contributed by atoms with E-state index in [0.717, 1.165) is 10.8 Å². The number of aromatic nitrogens is 2. The predicted molar refractivity (Wildman–Crippen MR) is 63.5 cm³/mol. The molecule has 0 aliphatic rings. The minimum atomic E-state index is -1.08. The fraction of sp³-hybridized carbons (Fsp3) is 0.0909. The Labute approximate surface area is 105 Å². The Morgan fingerprint density at radius 2 is 1.89 bits per heavy atom. The van der Waals surface area contributed by atoms with Gasteiger partial charge in [-0.15, -0.1) is 0 Å². The second-order valence-electron chi connectivity index (χ2n) is 3.79. The van der Waals surface area contributed by atoms with Crippen molar-refractivity contribution < 1.29 is 9.31 Å². The monoisotopic (exact) mass is 265 g/mol. The smallest absolute Gasteiger partial charge is 0.293 e. The minimum Gasteiger partial charge on any atom is -0.293 e. The number of hydrogen-bond donors (Lipinski definition) is 1. The molecular weight excluding hydrogens is 257 g/mol. The number of halogens is 1. The molecule has 0 fully saturated rings. The van der Waals surface area contributed by atoms with Crippen LogP contribution in [0.15, 0.2) is 40.1 Å². The quantitative estimate of drug-likeness (QED) is 0.650. The van der Waals surface area contributed by atoms with Gasteiger partial charge in [-0.05, 0) is 5.56 Å². The zero-order chi connectivity index (χ0) is 14.0. The van der Waals surface area contributed by atoms with Crippen molar-refractivity contribution in [1.29, 1.82) is 0 Å². The zero-order valence-electron chi connectivity index (χ0n) is 9.50. The Morgan fingerprint density at radius 1 is 1.26 bits per heavy atom. The van der Waals surface area contributed by atoms with Gasteiger partial charge in [0.1, 0.15) is 0 Å². The van der Waals surface area contributed by atoms with Gasteiger partial charge in [0.25, 0.3) is 11.2 Å². The van der Waals surface area contributed by atoms with Crippen LogP contribution in [0.5, 0.6) is 0 Å². The van der Waals surface area contributed by atoms with E-state index in [1.165, 1.54) is 24.3 Å². The second kappa shape index (κ2) is 4.84. The van der Waals surface area contributed by atoms with Crippen LogP contribution in [0.25, 0.3) is 0 Å². The Kier molecular flexibility index (Phi) is 3.23. The number of nitrogens with zero attached hydrogens (tertiary/aromatic N) is 2. The van der Waals surface area contributed by atoms with Crippen molar-refractivity contribution in [2.45, 2.75) is 6.54 Å². The molecule has 19 heavy (non-hydrogen) atoms. The standard InChI is InChI=1S/C11H8FN3O4/c12-9-6-14(11(17)13-10(9)16)5-7-1-3-8(4-2-7)15(18)19/h1-4,6H,5H2,(H,13,16,17). The molecule has 0 saturated heterocycles. The molecule has 1 aromatic heterocycles. The van der Waals surface area contributed by atoms with Gasteiger partial charge < -0.3 is 0 Å². The number of nitro benzene ring substituents is 1. The van der Waals surface area contributed by atoms with Crippen LogP contribution in [0.2, 0.25) is 0 Å². The van der Waals surface area contributed by atoms with Crippen LogP contribution in [0, 0.1) is 15.9 Å². The summed E-state index contributed by atoms with van der Waals surface area (Å²) in [5.41, 5.74) is -1.34. The Bertz CT molecular complexity index is 733. The number of hydrogen-bond acceptors (Lipinski definition) is 4. The van der Waals surface area contributed by atoms with E-state index in [1.807, 2.05) is 4.98 Å². The molecule has 0 aliphatic carbocycles. The topological polar surface area (TPSA) is 98.0 Å². The number of non-ortho nitro benzene ring substituents is 1. The first-order valence-corrected chi connectivity index (χ1v) is 5.20. The van der Waals surface area contributed by atoms with Crippen LogP contribution >= 0.6 is 0 Å². The third-order valence-corrected chi connectivity index (χ3v) is 2.47. The SMILES string of the molecule is O=c1[nH]c(=O)n(Cc2ccc([N+](=O)[O-])cc2)cc1F. The van der Waals surface area contributed by atoms with E-state index in [0.29, 0.717) is 5.56 Å². The summed E-state index contributed by atoms with van der Waals surface area (Å²) in [6.45, 7) is 0.00449. The average molecular weight is 265 g/mol. The summed E-state index contributed by atoms with van der Waals surface area (Å²) in [5.74, 6) is -1.07. The van der Waals surface area contributed by atoms with Crippen molar-refractivity contribution in [3.63, 3.8) is 0 Å². The second-order valence-corrected chi connectivity index (χ2v) is 3.79. The fourth-order valence-electron chi connectivity index (χ4n) is 1.52. The molecule has 2 aromatic rings. The summed E-state index contributed by atoms with van der Waals surface area (Å²) >= 11 is 0. The zero-order valence-corrected chi connectivity index (χ0v) is 9.50. The maximum Gasteiger partial charge on any atom is 0.328 e. The van der Waals surface area contributed by atoms with Crippen molar-refractivity contribution in [2.75, 3.05) is 0 Å². The normalized spacial score (nSPS) is 10.4. The Hall–Kier alpha value is -2.77. The largest absolute Gasteiger partial charge is 0.328 e. The summed E-state index contributed by atoms with van der Waals surface area (Å²) in [4.78, 5) is 34.0. The van der Waals surface area contributed by atoms with Gasteiger partial charge in [0, 0.05) is 12.1 Å². The van der Waals surface area contributed by atoms with Gasteiger partial charge in [-0.3, -0.25) is 24.5 Å². The van der Waals surface area contributed by atoms with Crippen molar-refractivity contribution in [3.05, 3.63) is 72.8 Å². The van der Waals surface area contributed by atoms with Crippen LogP contribution in [0.1, 0.15) is 5.56 Å². The molecule has 0 saturated carbocycles. The summed E-state index contributed by atoms with van der Waals surface area (Å²) in [7, 11) is 0. The van der Waals surface area contributed by atoms with Gasteiger partial charge in [-0.2, -0.15) is 4.39 Å². The highest BCUT2D eigenvalue weighted by Crippen LogP contribution is 2.12. The molecule has 1 heterocycles. The molecular formula is C11H8FN3O4. The van der Waals surface area contributed by atoms with Crippen molar-refractivity contribution in [2.24, 2.45) is 0 Å². The molecule has 0 aliphatic heterocycles. The lowest BCUT2D eigenvalue weighted by Crippen LogP contribution is -2.31. The maximum atomic E-state index is 13.0. The lowest BCUT2D eigenvalue weighted by molar-refractivity contribution is -0.384. The molecule has 8 heteroatoms. The average Bonchev–Trinajstić information content (AvgIpc) is 2.36. The Morgan fingerprint density at radius 3 is 2.47 bits per heavy atom. The molecule has 1 aromatic carbocycles. The summed E-state index contributed by atoms with van der Waals surface area (Å²) in [6, 6.07) is 5.46. The first-order valence-electron chi connectivity index (χ1n) is 5.20. The van der Waals surface area contributed by atoms with Crippen LogP contribution in [-0.2, 0) is 6.54 Å². The summed E-state index contributed by atoms with van der Waals surface area (Å²) < 4.78 is 14.0. The van der Waals surface area contributed by atoms with Gasteiger partial charge in [-0.25, -0.2) is 4.79 Å². The van der Waals surface area contributed by atoms with E-state index in [1.54, 1.807) is 0 Å². The molecule has 98 valence electrons. The van der Waals surface area contributed by atoms with Gasteiger partial charge in [0.05, 0.1) is 17.7 Å². The van der Waals surface area contributed by atoms with Crippen molar-refractivity contribution in [3.8, 4) is 0 Å². The minimum absolute atomic E-state index is 0.00449. The summed E-state index contributed by atoms with van der Waals surface area (Å²) in [5, 5.41) is 10.5. The van der Waals surface area contributed by atoms with Gasteiger partial charge >= 0.3 is 5.69 Å². The highest BCUT2D eigenvalue weighted by molar-refractivity contribution is 5.32. The fourth-order valence-corrected chi connectivity index (χ4v) is 1.52. The molecule has 0 amide bonds. The van der Waals surface area contributed by atoms with Crippen LogP contribution in [-0.4, -0.2) is 14.5 Å². The maximum absolute atomic E-state index is 13.0. The van der Waals surface area contributed by atoms with Crippen LogP contribution in [0.3, 0.4) is 0 Å². The van der Waals surface area contributed by atoms with E-state index in [2.05, 4.69) is 0 Å². The first-order chi connectivity index (χ1) is 8.97. The lowest BCUT2D eigenvalue weighted by Gasteiger charge is -2.04. The molecule has 7 nitrogen and oxygen atoms in total.